The maximum absolute atomic E-state index is 5.51. The van der Waals surface area contributed by atoms with Gasteiger partial charge in [-0.3, -0.25) is 9.89 Å². The Morgan fingerprint density at radius 1 is 1.27 bits per heavy atom. The minimum Gasteiger partial charge on any atom is -0.493 e. The second-order valence-corrected chi connectivity index (χ2v) is 7.85. The van der Waals surface area contributed by atoms with E-state index in [-0.39, 0.29) is 24.0 Å². The predicted octanol–water partition coefficient (Wildman–Crippen LogP) is 2.61. The summed E-state index contributed by atoms with van der Waals surface area (Å²) in [6.07, 6.45) is 2.17. The van der Waals surface area contributed by atoms with Gasteiger partial charge in [0.05, 0.1) is 27.4 Å². The van der Waals surface area contributed by atoms with Crippen LogP contribution in [-0.4, -0.2) is 83.0 Å². The summed E-state index contributed by atoms with van der Waals surface area (Å²) in [7, 11) is 5.50. The van der Waals surface area contributed by atoms with E-state index < -0.39 is 0 Å². The van der Waals surface area contributed by atoms with Crippen LogP contribution in [0.1, 0.15) is 24.5 Å². The minimum absolute atomic E-state index is 0. The molecule has 0 aliphatic carbocycles. The van der Waals surface area contributed by atoms with Gasteiger partial charge in [0.15, 0.2) is 17.5 Å². The number of hydrogen-bond donors (Lipinski definition) is 1. The summed E-state index contributed by atoms with van der Waals surface area (Å²) in [5.41, 5.74) is 2.68. The van der Waals surface area contributed by atoms with Gasteiger partial charge >= 0.3 is 0 Å². The zero-order valence-corrected chi connectivity index (χ0v) is 21.1. The van der Waals surface area contributed by atoms with Crippen molar-refractivity contribution in [1.29, 1.82) is 0 Å². The van der Waals surface area contributed by atoms with Gasteiger partial charge < -0.3 is 24.4 Å². The van der Waals surface area contributed by atoms with E-state index in [1.165, 1.54) is 11.1 Å². The smallest absolute Gasteiger partial charge is 0.193 e. The van der Waals surface area contributed by atoms with Gasteiger partial charge in [0.1, 0.15) is 0 Å². The van der Waals surface area contributed by atoms with Gasteiger partial charge in [0.25, 0.3) is 0 Å². The molecule has 1 unspecified atom stereocenters. The molecular weight excluding hydrogens is 495 g/mol. The third kappa shape index (κ3) is 6.62. The number of hydrogen-bond acceptors (Lipinski definition) is 5. The van der Waals surface area contributed by atoms with Crippen LogP contribution in [0.5, 0.6) is 11.5 Å². The third-order valence-electron chi connectivity index (χ3n) is 5.73. The Labute approximate surface area is 198 Å². The molecule has 2 aliphatic rings. The minimum atomic E-state index is 0. The molecule has 0 radical (unpaired) electrons. The summed E-state index contributed by atoms with van der Waals surface area (Å²) in [5.74, 6) is 3.21. The molecule has 0 aromatic heterocycles. The summed E-state index contributed by atoms with van der Waals surface area (Å²) >= 11 is 0. The molecule has 7 nitrogen and oxygen atoms in total. The van der Waals surface area contributed by atoms with Crippen LogP contribution in [-0.2, 0) is 17.7 Å². The SMILES string of the molecule is CCNC(=NCCN1CCc2cc(OC)c(OC)cc2C1)N(C)CC1CCOC1.I. The van der Waals surface area contributed by atoms with Crippen LogP contribution in [0.2, 0.25) is 0 Å². The number of ether oxygens (including phenoxy) is 3. The third-order valence-corrected chi connectivity index (χ3v) is 5.73. The largest absolute Gasteiger partial charge is 0.493 e. The summed E-state index contributed by atoms with van der Waals surface area (Å²) < 4.78 is 16.4. The lowest BCUT2D eigenvalue weighted by molar-refractivity contribution is 0.181. The number of methoxy groups -OCH3 is 2. The zero-order valence-electron chi connectivity index (χ0n) is 18.8. The number of nitrogens with zero attached hydrogens (tertiary/aromatic N) is 3. The standard InChI is InChI=1S/C22H36N4O3.HI/c1-5-23-22(25(2)14-17-7-11-29-16-17)24-8-10-26-9-6-18-12-20(27-3)21(28-4)13-19(18)15-26;/h12-13,17H,5-11,14-16H2,1-4H3,(H,23,24);1H. The maximum atomic E-state index is 5.51. The normalized spacial score (nSPS) is 19.1. The Morgan fingerprint density at radius 2 is 2.00 bits per heavy atom. The fourth-order valence-corrected chi connectivity index (χ4v) is 4.10. The highest BCUT2D eigenvalue weighted by molar-refractivity contribution is 14.0. The average Bonchev–Trinajstić information content (AvgIpc) is 3.24. The van der Waals surface area contributed by atoms with Crippen LogP contribution < -0.4 is 14.8 Å². The number of aliphatic imine (C=N–C) groups is 1. The molecule has 2 heterocycles. The molecule has 1 aromatic carbocycles. The quantitative estimate of drug-likeness (QED) is 0.316. The summed E-state index contributed by atoms with van der Waals surface area (Å²) in [6, 6.07) is 4.24. The fraction of sp³-hybridized carbons (Fsp3) is 0.682. The molecule has 1 saturated heterocycles. The van der Waals surface area contributed by atoms with Gasteiger partial charge in [-0.25, -0.2) is 0 Å². The highest BCUT2D eigenvalue weighted by Crippen LogP contribution is 2.33. The fourth-order valence-electron chi connectivity index (χ4n) is 4.10. The topological polar surface area (TPSA) is 58.6 Å². The summed E-state index contributed by atoms with van der Waals surface area (Å²) in [4.78, 5) is 9.58. The number of nitrogens with one attached hydrogen (secondary N) is 1. The van der Waals surface area contributed by atoms with Crippen molar-refractivity contribution in [2.24, 2.45) is 10.9 Å². The Bertz CT molecular complexity index is 695. The predicted molar refractivity (Wildman–Crippen MR) is 131 cm³/mol. The first kappa shape index (κ1) is 25.0. The van der Waals surface area contributed by atoms with Gasteiger partial charge in [-0.1, -0.05) is 0 Å². The van der Waals surface area contributed by atoms with Crippen molar-refractivity contribution in [1.82, 2.24) is 15.1 Å². The van der Waals surface area contributed by atoms with Crippen molar-refractivity contribution in [3.05, 3.63) is 23.3 Å². The number of fused-ring (bicyclic) bond motifs is 1. The average molecular weight is 532 g/mol. The van der Waals surface area contributed by atoms with Crippen molar-refractivity contribution in [2.45, 2.75) is 26.3 Å². The van der Waals surface area contributed by atoms with E-state index in [9.17, 15) is 0 Å². The number of benzene rings is 1. The molecular formula is C22H37IN4O3. The van der Waals surface area contributed by atoms with Crippen molar-refractivity contribution in [2.75, 3.05) is 67.2 Å². The second kappa shape index (κ2) is 12.6. The monoisotopic (exact) mass is 532 g/mol. The van der Waals surface area contributed by atoms with E-state index in [0.717, 1.165) is 82.8 Å². The van der Waals surface area contributed by atoms with E-state index in [2.05, 4.69) is 41.2 Å². The van der Waals surface area contributed by atoms with Gasteiger partial charge in [-0.15, -0.1) is 24.0 Å². The van der Waals surface area contributed by atoms with Gasteiger partial charge in [0, 0.05) is 52.3 Å². The first-order valence-corrected chi connectivity index (χ1v) is 10.7. The van der Waals surface area contributed by atoms with Crippen molar-refractivity contribution in [3.63, 3.8) is 0 Å². The highest BCUT2D eigenvalue weighted by Gasteiger charge is 2.20. The summed E-state index contributed by atoms with van der Waals surface area (Å²) in [5, 5.41) is 3.42. The highest BCUT2D eigenvalue weighted by atomic mass is 127. The van der Waals surface area contributed by atoms with E-state index in [1.807, 2.05) is 0 Å². The maximum Gasteiger partial charge on any atom is 0.193 e. The van der Waals surface area contributed by atoms with Crippen LogP contribution in [0, 0.1) is 5.92 Å². The molecule has 2 aliphatic heterocycles. The van der Waals surface area contributed by atoms with Crippen LogP contribution in [0.25, 0.3) is 0 Å². The Hall–Kier alpha value is -1.26. The van der Waals surface area contributed by atoms with Crippen LogP contribution >= 0.6 is 24.0 Å². The molecule has 1 atom stereocenters. The van der Waals surface area contributed by atoms with Crippen molar-refractivity contribution in [3.8, 4) is 11.5 Å². The number of halogens is 1. The van der Waals surface area contributed by atoms with Crippen molar-refractivity contribution < 1.29 is 14.2 Å². The molecule has 1 N–H and O–H groups in total. The molecule has 1 aromatic rings. The Morgan fingerprint density at radius 3 is 2.63 bits per heavy atom. The molecule has 3 rings (SSSR count). The summed E-state index contributed by atoms with van der Waals surface area (Å²) in [6.45, 7) is 9.45. The first-order chi connectivity index (χ1) is 14.1. The van der Waals surface area contributed by atoms with E-state index >= 15 is 0 Å². The Balaban J connectivity index is 0.00000320. The molecule has 8 heteroatoms. The Kier molecular flexibility index (Phi) is 10.5. The van der Waals surface area contributed by atoms with E-state index in [1.54, 1.807) is 14.2 Å². The van der Waals surface area contributed by atoms with Crippen LogP contribution in [0.4, 0.5) is 0 Å². The van der Waals surface area contributed by atoms with Crippen LogP contribution in [0.3, 0.4) is 0 Å². The lowest BCUT2D eigenvalue weighted by Crippen LogP contribution is -2.42. The van der Waals surface area contributed by atoms with Crippen LogP contribution in [0.15, 0.2) is 17.1 Å². The van der Waals surface area contributed by atoms with Gasteiger partial charge in [-0.2, -0.15) is 0 Å². The zero-order chi connectivity index (χ0) is 20.6. The second-order valence-electron chi connectivity index (χ2n) is 7.85. The molecule has 170 valence electrons. The molecule has 30 heavy (non-hydrogen) atoms. The van der Waals surface area contributed by atoms with E-state index in [4.69, 9.17) is 19.2 Å². The lowest BCUT2D eigenvalue weighted by atomic mass is 9.99. The molecule has 0 amide bonds. The number of guanidine groups is 1. The number of rotatable bonds is 8. The molecule has 1 fully saturated rings. The molecule has 0 spiro atoms. The lowest BCUT2D eigenvalue weighted by Gasteiger charge is -2.29. The molecule has 0 saturated carbocycles. The van der Waals surface area contributed by atoms with Gasteiger partial charge in [0.2, 0.25) is 0 Å². The molecule has 0 bridgehead atoms. The van der Waals surface area contributed by atoms with E-state index in [0.29, 0.717) is 5.92 Å². The first-order valence-electron chi connectivity index (χ1n) is 10.7. The van der Waals surface area contributed by atoms with Gasteiger partial charge in [-0.05, 0) is 43.0 Å². The van der Waals surface area contributed by atoms with Crippen molar-refractivity contribution >= 4 is 29.9 Å².